The monoisotopic (exact) mass is 255 g/mol. The van der Waals surface area contributed by atoms with Gasteiger partial charge in [-0.05, 0) is 38.5 Å². The molecule has 2 aromatic rings. The third kappa shape index (κ3) is 3.39. The Bertz CT molecular complexity index is 587. The second-order valence-corrected chi connectivity index (χ2v) is 5.41. The van der Waals surface area contributed by atoms with Crippen LogP contribution in [-0.4, -0.2) is 20.3 Å². The van der Waals surface area contributed by atoms with Crippen LogP contribution in [0.1, 0.15) is 31.9 Å². The number of hydrogen-bond acceptors (Lipinski definition) is 4. The molecule has 5 nitrogen and oxygen atoms in total. The lowest BCUT2D eigenvalue weighted by Crippen LogP contribution is -2.35. The van der Waals surface area contributed by atoms with Crippen LogP contribution in [0.4, 0.5) is 0 Å². The maximum Gasteiger partial charge on any atom is 0.138 e. The Morgan fingerprint density at radius 2 is 2.16 bits per heavy atom. The van der Waals surface area contributed by atoms with Crippen molar-refractivity contribution in [3.05, 3.63) is 42.0 Å². The van der Waals surface area contributed by atoms with Crippen LogP contribution in [0.15, 0.2) is 30.9 Å². The molecule has 1 aromatic heterocycles. The second kappa shape index (κ2) is 5.21. The molecule has 2 rings (SSSR count). The summed E-state index contributed by atoms with van der Waals surface area (Å²) in [7, 11) is 0. The van der Waals surface area contributed by atoms with E-state index in [9.17, 15) is 5.26 Å². The first kappa shape index (κ1) is 13.2. The summed E-state index contributed by atoms with van der Waals surface area (Å²) in [5, 5.41) is 16.7. The third-order valence-corrected chi connectivity index (χ3v) is 2.67. The molecular weight excluding hydrogens is 238 g/mol. The molecule has 0 radical (unpaired) electrons. The van der Waals surface area contributed by atoms with Crippen molar-refractivity contribution in [2.75, 3.05) is 0 Å². The summed E-state index contributed by atoms with van der Waals surface area (Å²) in [5.74, 6) is 0. The van der Waals surface area contributed by atoms with E-state index in [1.54, 1.807) is 11.0 Å². The number of nitrogens with zero attached hydrogens (tertiary/aromatic N) is 4. The van der Waals surface area contributed by atoms with Gasteiger partial charge in [0.1, 0.15) is 18.7 Å². The minimum atomic E-state index is 0.0530. The molecule has 0 amide bonds. The summed E-state index contributed by atoms with van der Waals surface area (Å²) in [4.78, 5) is 3.90. The zero-order chi connectivity index (χ0) is 13.9. The molecule has 0 atom stereocenters. The number of nitriles is 1. The maximum atomic E-state index is 9.24. The largest absolute Gasteiger partial charge is 0.308 e. The smallest absolute Gasteiger partial charge is 0.138 e. The van der Waals surface area contributed by atoms with Crippen LogP contribution >= 0.6 is 0 Å². The zero-order valence-electron chi connectivity index (χ0n) is 11.4. The highest BCUT2D eigenvalue weighted by atomic mass is 15.3. The molecule has 1 aromatic carbocycles. The van der Waals surface area contributed by atoms with Crippen LogP contribution in [0.3, 0.4) is 0 Å². The Morgan fingerprint density at radius 1 is 1.37 bits per heavy atom. The van der Waals surface area contributed by atoms with Gasteiger partial charge in [0.2, 0.25) is 0 Å². The zero-order valence-corrected chi connectivity index (χ0v) is 11.4. The van der Waals surface area contributed by atoms with E-state index in [4.69, 9.17) is 0 Å². The van der Waals surface area contributed by atoms with Crippen molar-refractivity contribution in [1.29, 1.82) is 5.26 Å². The molecule has 19 heavy (non-hydrogen) atoms. The summed E-state index contributed by atoms with van der Waals surface area (Å²) in [6, 6.07) is 7.98. The van der Waals surface area contributed by atoms with Gasteiger partial charge < -0.3 is 5.32 Å². The van der Waals surface area contributed by atoms with E-state index < -0.39 is 0 Å². The Morgan fingerprint density at radius 3 is 2.74 bits per heavy atom. The van der Waals surface area contributed by atoms with Crippen molar-refractivity contribution in [2.45, 2.75) is 32.9 Å². The number of rotatable bonds is 3. The van der Waals surface area contributed by atoms with E-state index in [0.717, 1.165) is 17.8 Å². The fourth-order valence-corrected chi connectivity index (χ4v) is 1.68. The Balaban J connectivity index is 2.25. The van der Waals surface area contributed by atoms with E-state index in [0.29, 0.717) is 5.56 Å². The lowest BCUT2D eigenvalue weighted by Gasteiger charge is -2.20. The molecule has 0 saturated heterocycles. The van der Waals surface area contributed by atoms with E-state index in [1.807, 2.05) is 18.2 Å². The van der Waals surface area contributed by atoms with Gasteiger partial charge in [-0.15, -0.1) is 0 Å². The molecule has 5 heteroatoms. The Kier molecular flexibility index (Phi) is 3.63. The van der Waals surface area contributed by atoms with Crippen molar-refractivity contribution in [1.82, 2.24) is 20.1 Å². The van der Waals surface area contributed by atoms with Gasteiger partial charge in [0, 0.05) is 12.1 Å². The molecule has 0 spiro atoms. The molecule has 1 N–H and O–H groups in total. The highest BCUT2D eigenvalue weighted by Gasteiger charge is 2.10. The van der Waals surface area contributed by atoms with Gasteiger partial charge in [-0.3, -0.25) is 0 Å². The van der Waals surface area contributed by atoms with Crippen LogP contribution in [0.2, 0.25) is 0 Å². The highest BCUT2D eigenvalue weighted by Crippen LogP contribution is 2.15. The first-order chi connectivity index (χ1) is 8.99. The second-order valence-electron chi connectivity index (χ2n) is 5.41. The van der Waals surface area contributed by atoms with Gasteiger partial charge in [0.15, 0.2) is 0 Å². The van der Waals surface area contributed by atoms with Crippen LogP contribution in [0, 0.1) is 11.3 Å². The standard InChI is InChI=1S/C14H17N5/c1-14(2,3)17-8-11-4-5-13(12(6-11)7-15)19-10-16-9-18-19/h4-6,9-10,17H,8H2,1-3H3. The van der Waals surface area contributed by atoms with Gasteiger partial charge >= 0.3 is 0 Å². The van der Waals surface area contributed by atoms with E-state index in [2.05, 4.69) is 42.2 Å². The van der Waals surface area contributed by atoms with Crippen molar-refractivity contribution < 1.29 is 0 Å². The fourth-order valence-electron chi connectivity index (χ4n) is 1.68. The highest BCUT2D eigenvalue weighted by molar-refractivity contribution is 5.49. The predicted molar refractivity (Wildman–Crippen MR) is 72.7 cm³/mol. The van der Waals surface area contributed by atoms with Gasteiger partial charge in [-0.25, -0.2) is 9.67 Å². The van der Waals surface area contributed by atoms with Gasteiger partial charge in [0.05, 0.1) is 11.3 Å². The van der Waals surface area contributed by atoms with Crippen LogP contribution in [-0.2, 0) is 6.54 Å². The van der Waals surface area contributed by atoms with Crippen molar-refractivity contribution in [3.63, 3.8) is 0 Å². The fraction of sp³-hybridized carbons (Fsp3) is 0.357. The van der Waals surface area contributed by atoms with Crippen LogP contribution in [0.25, 0.3) is 5.69 Å². The number of benzene rings is 1. The summed E-state index contributed by atoms with van der Waals surface area (Å²) >= 11 is 0. The summed E-state index contributed by atoms with van der Waals surface area (Å²) in [6.45, 7) is 7.07. The number of hydrogen-bond donors (Lipinski definition) is 1. The lowest BCUT2D eigenvalue weighted by molar-refractivity contribution is 0.424. The molecule has 0 saturated carbocycles. The molecule has 1 heterocycles. The average Bonchev–Trinajstić information content (AvgIpc) is 2.88. The van der Waals surface area contributed by atoms with E-state index in [-0.39, 0.29) is 5.54 Å². The van der Waals surface area contributed by atoms with E-state index >= 15 is 0 Å². The summed E-state index contributed by atoms with van der Waals surface area (Å²) < 4.78 is 1.60. The normalized spacial score (nSPS) is 11.3. The van der Waals surface area contributed by atoms with Gasteiger partial charge in [-0.1, -0.05) is 6.07 Å². The van der Waals surface area contributed by atoms with Crippen molar-refractivity contribution in [3.8, 4) is 11.8 Å². The molecule has 0 bridgehead atoms. The first-order valence-electron chi connectivity index (χ1n) is 6.13. The number of aromatic nitrogens is 3. The van der Waals surface area contributed by atoms with E-state index in [1.165, 1.54) is 6.33 Å². The molecular formula is C14H17N5. The first-order valence-corrected chi connectivity index (χ1v) is 6.13. The minimum Gasteiger partial charge on any atom is -0.308 e. The van der Waals surface area contributed by atoms with Crippen LogP contribution in [0.5, 0.6) is 0 Å². The Labute approximate surface area is 112 Å². The molecule has 98 valence electrons. The number of nitrogens with one attached hydrogen (secondary N) is 1. The topological polar surface area (TPSA) is 66.5 Å². The molecule has 0 aliphatic carbocycles. The van der Waals surface area contributed by atoms with Gasteiger partial charge in [-0.2, -0.15) is 10.4 Å². The lowest BCUT2D eigenvalue weighted by atomic mass is 10.1. The van der Waals surface area contributed by atoms with Crippen LogP contribution < -0.4 is 5.32 Å². The molecule has 0 aliphatic heterocycles. The summed E-state index contributed by atoms with van der Waals surface area (Å²) in [5.41, 5.74) is 2.48. The minimum absolute atomic E-state index is 0.0530. The third-order valence-electron chi connectivity index (χ3n) is 2.67. The molecule has 0 unspecified atom stereocenters. The Hall–Kier alpha value is -2.19. The van der Waals surface area contributed by atoms with Crippen molar-refractivity contribution in [2.24, 2.45) is 0 Å². The van der Waals surface area contributed by atoms with Crippen molar-refractivity contribution >= 4 is 0 Å². The molecule has 0 aliphatic rings. The summed E-state index contributed by atoms with van der Waals surface area (Å²) in [6.07, 6.45) is 3.04. The average molecular weight is 255 g/mol. The quantitative estimate of drug-likeness (QED) is 0.911. The maximum absolute atomic E-state index is 9.24. The van der Waals surface area contributed by atoms with Gasteiger partial charge in [0.25, 0.3) is 0 Å². The molecule has 0 fully saturated rings. The predicted octanol–water partition coefficient (Wildman–Crippen LogP) is 2.03. The SMILES string of the molecule is CC(C)(C)NCc1ccc(-n2cncn2)c(C#N)c1.